The summed E-state index contributed by atoms with van der Waals surface area (Å²) in [6.45, 7) is 7.32. The minimum absolute atomic E-state index is 0.186. The Balaban J connectivity index is 1.55. The number of rotatable bonds is 7. The lowest BCUT2D eigenvalue weighted by Crippen LogP contribution is -2.30. The Morgan fingerprint density at radius 1 is 1.14 bits per heavy atom. The quantitative estimate of drug-likeness (QED) is 0.657. The van der Waals surface area contributed by atoms with Crippen molar-refractivity contribution in [2.75, 3.05) is 11.9 Å². The van der Waals surface area contributed by atoms with Crippen LogP contribution in [0.2, 0.25) is 0 Å². The number of anilines is 1. The van der Waals surface area contributed by atoms with Crippen LogP contribution in [0.5, 0.6) is 0 Å². The summed E-state index contributed by atoms with van der Waals surface area (Å²) in [5, 5.41) is 10.1. The number of carbonyl (C=O) groups is 2. The summed E-state index contributed by atoms with van der Waals surface area (Å²) in [6.07, 6.45) is 1.44. The standard InChI is InChI=1S/C21H24N4O3/c1-14(13-25-16(3)10-15(2)24-25)12-22-20(26)17-6-4-7-18(11-17)23-21(27)19-8-5-9-28-19/h4-11,14H,12-13H2,1-3H3,(H,22,26)(H,23,27)/t14-/m1/s1. The Hall–Kier alpha value is -3.35. The van der Waals surface area contributed by atoms with E-state index in [0.29, 0.717) is 17.8 Å². The maximum atomic E-state index is 12.5. The largest absolute Gasteiger partial charge is 0.459 e. The van der Waals surface area contributed by atoms with E-state index in [9.17, 15) is 9.59 Å². The lowest BCUT2D eigenvalue weighted by atomic mass is 10.1. The van der Waals surface area contributed by atoms with E-state index in [1.165, 1.54) is 6.26 Å². The fraction of sp³-hybridized carbons (Fsp3) is 0.286. The number of furan rings is 1. The van der Waals surface area contributed by atoms with Gasteiger partial charge in [0.1, 0.15) is 0 Å². The molecule has 1 aromatic carbocycles. The van der Waals surface area contributed by atoms with Crippen molar-refractivity contribution >= 4 is 17.5 Å². The average molecular weight is 380 g/mol. The molecule has 2 aromatic heterocycles. The lowest BCUT2D eigenvalue weighted by molar-refractivity contribution is 0.0944. The second-order valence-corrected chi connectivity index (χ2v) is 6.94. The summed E-state index contributed by atoms with van der Waals surface area (Å²) < 4.78 is 7.03. The lowest BCUT2D eigenvalue weighted by Gasteiger charge is -2.14. The molecule has 0 unspecified atom stereocenters. The first-order valence-electron chi connectivity index (χ1n) is 9.16. The van der Waals surface area contributed by atoms with E-state index >= 15 is 0 Å². The van der Waals surface area contributed by atoms with Crippen LogP contribution in [0.15, 0.2) is 53.1 Å². The van der Waals surface area contributed by atoms with Crippen LogP contribution in [0.3, 0.4) is 0 Å². The van der Waals surface area contributed by atoms with Crippen molar-refractivity contribution in [2.24, 2.45) is 5.92 Å². The van der Waals surface area contributed by atoms with Gasteiger partial charge in [-0.25, -0.2) is 0 Å². The van der Waals surface area contributed by atoms with Crippen molar-refractivity contribution in [2.45, 2.75) is 27.3 Å². The maximum absolute atomic E-state index is 12.5. The number of amides is 2. The first-order chi connectivity index (χ1) is 13.4. The van der Waals surface area contributed by atoms with Gasteiger partial charge in [-0.05, 0) is 56.2 Å². The summed E-state index contributed by atoms with van der Waals surface area (Å²) in [4.78, 5) is 24.5. The third kappa shape index (κ3) is 4.88. The van der Waals surface area contributed by atoms with Crippen LogP contribution in [0.1, 0.15) is 39.2 Å². The Morgan fingerprint density at radius 2 is 1.96 bits per heavy atom. The third-order valence-electron chi connectivity index (χ3n) is 4.33. The summed E-state index contributed by atoms with van der Waals surface area (Å²) >= 11 is 0. The number of nitrogens with zero attached hydrogens (tertiary/aromatic N) is 2. The molecule has 7 heteroatoms. The Kier molecular flexibility index (Phi) is 5.93. The molecule has 3 aromatic rings. The number of aromatic nitrogens is 2. The molecule has 0 aliphatic heterocycles. The molecule has 1 atom stereocenters. The second kappa shape index (κ2) is 8.56. The van der Waals surface area contributed by atoms with Crippen LogP contribution < -0.4 is 10.6 Å². The van der Waals surface area contributed by atoms with E-state index < -0.39 is 0 Å². The monoisotopic (exact) mass is 380 g/mol. The first-order valence-corrected chi connectivity index (χ1v) is 9.16. The van der Waals surface area contributed by atoms with Gasteiger partial charge >= 0.3 is 0 Å². The van der Waals surface area contributed by atoms with Gasteiger partial charge < -0.3 is 15.1 Å². The van der Waals surface area contributed by atoms with Crippen LogP contribution in [0.25, 0.3) is 0 Å². The molecule has 146 valence electrons. The van der Waals surface area contributed by atoms with E-state index in [0.717, 1.165) is 17.9 Å². The topological polar surface area (TPSA) is 89.2 Å². The predicted octanol–water partition coefficient (Wildman–Crippen LogP) is 3.41. The molecule has 2 heterocycles. The summed E-state index contributed by atoms with van der Waals surface area (Å²) in [7, 11) is 0. The number of aryl methyl sites for hydroxylation is 2. The molecule has 7 nitrogen and oxygen atoms in total. The minimum Gasteiger partial charge on any atom is -0.459 e. The number of hydrogen-bond donors (Lipinski definition) is 2. The molecule has 2 N–H and O–H groups in total. The van der Waals surface area contributed by atoms with Crippen molar-refractivity contribution in [1.82, 2.24) is 15.1 Å². The Bertz CT molecular complexity index is 960. The molecule has 28 heavy (non-hydrogen) atoms. The number of hydrogen-bond acceptors (Lipinski definition) is 4. The highest BCUT2D eigenvalue weighted by atomic mass is 16.3. The van der Waals surface area contributed by atoms with Crippen LogP contribution in [-0.2, 0) is 6.54 Å². The summed E-state index contributed by atoms with van der Waals surface area (Å²) in [5.74, 6) is -0.105. The molecule has 0 radical (unpaired) electrons. The van der Waals surface area contributed by atoms with Gasteiger partial charge in [-0.2, -0.15) is 5.10 Å². The highest BCUT2D eigenvalue weighted by Gasteiger charge is 2.13. The molecule has 0 aliphatic rings. The number of carbonyl (C=O) groups excluding carboxylic acids is 2. The molecule has 0 fully saturated rings. The van der Waals surface area contributed by atoms with Crippen LogP contribution >= 0.6 is 0 Å². The minimum atomic E-state index is -0.360. The highest BCUT2D eigenvalue weighted by Crippen LogP contribution is 2.13. The SMILES string of the molecule is Cc1cc(C)n(C[C@H](C)CNC(=O)c2cccc(NC(=O)c3ccco3)c2)n1. The summed E-state index contributed by atoms with van der Waals surface area (Å²) in [6, 6.07) is 12.1. The molecule has 0 aliphatic carbocycles. The van der Waals surface area contributed by atoms with Crippen molar-refractivity contribution < 1.29 is 14.0 Å². The van der Waals surface area contributed by atoms with Crippen LogP contribution in [0.4, 0.5) is 5.69 Å². The van der Waals surface area contributed by atoms with Crippen molar-refractivity contribution in [1.29, 1.82) is 0 Å². The predicted molar refractivity (Wildman–Crippen MR) is 106 cm³/mol. The Labute approximate surface area is 163 Å². The van der Waals surface area contributed by atoms with E-state index in [1.807, 2.05) is 24.6 Å². The molecule has 3 rings (SSSR count). The van der Waals surface area contributed by atoms with E-state index in [1.54, 1.807) is 36.4 Å². The second-order valence-electron chi connectivity index (χ2n) is 6.94. The number of nitrogens with one attached hydrogen (secondary N) is 2. The first kappa shape index (κ1) is 19.4. The van der Waals surface area contributed by atoms with Gasteiger partial charge in [0.05, 0.1) is 12.0 Å². The van der Waals surface area contributed by atoms with Gasteiger partial charge in [0.15, 0.2) is 5.76 Å². The number of benzene rings is 1. The van der Waals surface area contributed by atoms with Crippen molar-refractivity contribution in [3.8, 4) is 0 Å². The zero-order valence-corrected chi connectivity index (χ0v) is 16.2. The van der Waals surface area contributed by atoms with Gasteiger partial charge in [-0.1, -0.05) is 13.0 Å². The van der Waals surface area contributed by atoms with E-state index in [-0.39, 0.29) is 23.5 Å². The van der Waals surface area contributed by atoms with Crippen LogP contribution in [0, 0.1) is 19.8 Å². The highest BCUT2D eigenvalue weighted by molar-refractivity contribution is 6.03. The van der Waals surface area contributed by atoms with Gasteiger partial charge in [0.25, 0.3) is 11.8 Å². The fourth-order valence-corrected chi connectivity index (χ4v) is 2.93. The molecule has 0 bridgehead atoms. The third-order valence-corrected chi connectivity index (χ3v) is 4.33. The zero-order valence-electron chi connectivity index (χ0n) is 16.2. The smallest absolute Gasteiger partial charge is 0.291 e. The van der Waals surface area contributed by atoms with Gasteiger partial charge in [0.2, 0.25) is 0 Å². The zero-order chi connectivity index (χ0) is 20.1. The molecular weight excluding hydrogens is 356 g/mol. The van der Waals surface area contributed by atoms with Crippen molar-refractivity contribution in [3.63, 3.8) is 0 Å². The normalized spacial score (nSPS) is 11.8. The van der Waals surface area contributed by atoms with Crippen LogP contribution in [-0.4, -0.2) is 28.1 Å². The Morgan fingerprint density at radius 3 is 2.64 bits per heavy atom. The van der Waals surface area contributed by atoms with Gasteiger partial charge in [0, 0.05) is 30.0 Å². The average Bonchev–Trinajstić information content (AvgIpc) is 3.30. The van der Waals surface area contributed by atoms with Gasteiger partial charge in [-0.15, -0.1) is 0 Å². The van der Waals surface area contributed by atoms with E-state index in [4.69, 9.17) is 4.42 Å². The summed E-state index contributed by atoms with van der Waals surface area (Å²) in [5.41, 5.74) is 3.11. The molecule has 0 spiro atoms. The fourth-order valence-electron chi connectivity index (χ4n) is 2.93. The van der Waals surface area contributed by atoms with E-state index in [2.05, 4.69) is 22.7 Å². The van der Waals surface area contributed by atoms with Crippen molar-refractivity contribution in [3.05, 3.63) is 71.4 Å². The molecule has 0 saturated heterocycles. The molecule has 0 saturated carbocycles. The molecule has 2 amide bonds. The van der Waals surface area contributed by atoms with Gasteiger partial charge in [-0.3, -0.25) is 14.3 Å². The molecular formula is C21H24N4O3. The maximum Gasteiger partial charge on any atom is 0.291 e.